The molecule has 1 aliphatic heterocycles. The molecule has 0 saturated heterocycles. The van der Waals surface area contributed by atoms with Gasteiger partial charge in [0.1, 0.15) is 0 Å². The molecule has 1 aliphatic rings. The van der Waals surface area contributed by atoms with E-state index >= 15 is 0 Å². The zero-order valence-electron chi connectivity index (χ0n) is 9.36. The number of para-hydroxylation sites is 1. The molecule has 15 heavy (non-hydrogen) atoms. The predicted octanol–water partition coefficient (Wildman–Crippen LogP) is 2.94. The summed E-state index contributed by atoms with van der Waals surface area (Å²) in [5.74, 6) is 0.357. The van der Waals surface area contributed by atoms with Gasteiger partial charge >= 0.3 is 0 Å². The highest BCUT2D eigenvalue weighted by Crippen LogP contribution is 2.38. The number of rotatable bonds is 3. The second-order valence-electron chi connectivity index (χ2n) is 4.15. The monoisotopic (exact) mass is 203 g/mol. The van der Waals surface area contributed by atoms with E-state index < -0.39 is 0 Å². The molecule has 1 atom stereocenters. The summed E-state index contributed by atoms with van der Waals surface area (Å²) in [5.41, 5.74) is 2.29. The molecule has 0 fully saturated rings. The minimum Gasteiger partial charge on any atom is -0.315 e. The number of hydrogen-bond acceptors (Lipinski definition) is 1. The first-order valence-corrected chi connectivity index (χ1v) is 5.62. The molecular formula is C13H17NO. The number of amides is 1. The van der Waals surface area contributed by atoms with Crippen molar-refractivity contribution in [2.24, 2.45) is 0 Å². The number of benzene rings is 1. The van der Waals surface area contributed by atoms with Gasteiger partial charge in [0.2, 0.25) is 5.91 Å². The molecule has 2 rings (SSSR count). The highest BCUT2D eigenvalue weighted by molar-refractivity contribution is 6.04. The molecular weight excluding hydrogens is 186 g/mol. The summed E-state index contributed by atoms with van der Waals surface area (Å²) >= 11 is 0. The molecule has 0 aromatic heterocycles. The van der Waals surface area contributed by atoms with Crippen LogP contribution in [0.4, 0.5) is 5.69 Å². The van der Waals surface area contributed by atoms with Crippen LogP contribution in [-0.2, 0) is 4.79 Å². The molecule has 1 aromatic rings. The Morgan fingerprint density at radius 3 is 2.80 bits per heavy atom. The number of anilines is 1. The van der Waals surface area contributed by atoms with E-state index in [1.54, 1.807) is 4.90 Å². The summed E-state index contributed by atoms with van der Waals surface area (Å²) in [6.45, 7) is 2.16. The van der Waals surface area contributed by atoms with Crippen LogP contribution in [0.2, 0.25) is 0 Å². The molecule has 1 heterocycles. The van der Waals surface area contributed by atoms with Crippen molar-refractivity contribution in [1.29, 1.82) is 0 Å². The van der Waals surface area contributed by atoms with E-state index in [4.69, 9.17) is 0 Å². The van der Waals surface area contributed by atoms with Crippen LogP contribution in [0.25, 0.3) is 0 Å². The van der Waals surface area contributed by atoms with Gasteiger partial charge in [-0.25, -0.2) is 0 Å². The van der Waals surface area contributed by atoms with Crippen LogP contribution in [0.5, 0.6) is 0 Å². The molecule has 0 bridgehead atoms. The molecule has 2 nitrogen and oxygen atoms in total. The van der Waals surface area contributed by atoms with E-state index in [2.05, 4.69) is 13.0 Å². The summed E-state index contributed by atoms with van der Waals surface area (Å²) in [6.07, 6.45) is 3.25. The van der Waals surface area contributed by atoms with Crippen molar-refractivity contribution in [3.05, 3.63) is 29.8 Å². The Balaban J connectivity index is 2.30. The molecule has 0 saturated carbocycles. The third-order valence-electron chi connectivity index (χ3n) is 3.15. The van der Waals surface area contributed by atoms with E-state index in [0.717, 1.165) is 24.9 Å². The Morgan fingerprint density at radius 1 is 1.33 bits per heavy atom. The average Bonchev–Trinajstić information content (AvgIpc) is 2.51. The van der Waals surface area contributed by atoms with E-state index in [0.29, 0.717) is 0 Å². The SMILES string of the molecule is CCCCC1C(=O)N(C)c2ccccc21. The van der Waals surface area contributed by atoms with Gasteiger partial charge < -0.3 is 4.90 Å². The van der Waals surface area contributed by atoms with E-state index in [9.17, 15) is 4.79 Å². The molecule has 0 aliphatic carbocycles. The fraction of sp³-hybridized carbons (Fsp3) is 0.462. The van der Waals surface area contributed by atoms with E-state index in [-0.39, 0.29) is 11.8 Å². The van der Waals surface area contributed by atoms with Crippen LogP contribution in [0, 0.1) is 0 Å². The Bertz CT molecular complexity index is 373. The van der Waals surface area contributed by atoms with Crippen LogP contribution >= 0.6 is 0 Å². The minimum absolute atomic E-state index is 0.103. The van der Waals surface area contributed by atoms with Crippen molar-refractivity contribution in [2.45, 2.75) is 32.1 Å². The number of likely N-dealkylation sites (N-methyl/N-ethyl adjacent to an activating group) is 1. The quantitative estimate of drug-likeness (QED) is 0.739. The lowest BCUT2D eigenvalue weighted by molar-refractivity contribution is -0.119. The van der Waals surface area contributed by atoms with E-state index in [1.165, 1.54) is 5.56 Å². The molecule has 80 valence electrons. The van der Waals surface area contributed by atoms with Crippen molar-refractivity contribution < 1.29 is 4.79 Å². The van der Waals surface area contributed by atoms with Crippen LogP contribution < -0.4 is 4.90 Å². The molecule has 0 spiro atoms. The van der Waals surface area contributed by atoms with Crippen molar-refractivity contribution in [3.8, 4) is 0 Å². The average molecular weight is 203 g/mol. The Kier molecular flexibility index (Phi) is 2.76. The predicted molar refractivity (Wildman–Crippen MR) is 62.1 cm³/mol. The fourth-order valence-electron chi connectivity index (χ4n) is 2.26. The second-order valence-corrected chi connectivity index (χ2v) is 4.15. The van der Waals surface area contributed by atoms with Gasteiger partial charge in [-0.15, -0.1) is 0 Å². The number of carbonyl (C=O) groups excluding carboxylic acids is 1. The lowest BCUT2D eigenvalue weighted by Gasteiger charge is -2.10. The molecule has 0 N–H and O–H groups in total. The van der Waals surface area contributed by atoms with Crippen LogP contribution in [0.15, 0.2) is 24.3 Å². The zero-order chi connectivity index (χ0) is 10.8. The van der Waals surface area contributed by atoms with Crippen molar-refractivity contribution in [2.75, 3.05) is 11.9 Å². The normalized spacial score (nSPS) is 19.5. The summed E-state index contributed by atoms with van der Waals surface area (Å²) < 4.78 is 0. The second kappa shape index (κ2) is 4.05. The fourth-order valence-corrected chi connectivity index (χ4v) is 2.26. The maximum absolute atomic E-state index is 12.0. The zero-order valence-corrected chi connectivity index (χ0v) is 9.36. The number of hydrogen-bond donors (Lipinski definition) is 0. The van der Waals surface area contributed by atoms with Gasteiger partial charge in [0.25, 0.3) is 0 Å². The maximum Gasteiger partial charge on any atom is 0.234 e. The van der Waals surface area contributed by atoms with Crippen molar-refractivity contribution in [3.63, 3.8) is 0 Å². The van der Waals surface area contributed by atoms with E-state index in [1.807, 2.05) is 25.2 Å². The standard InChI is InChI=1S/C13H17NO/c1-3-4-7-11-10-8-5-6-9-12(10)14(2)13(11)15/h5-6,8-9,11H,3-4,7H2,1-2H3. The smallest absolute Gasteiger partial charge is 0.234 e. The first-order chi connectivity index (χ1) is 7.25. The van der Waals surface area contributed by atoms with Gasteiger partial charge in [-0.1, -0.05) is 38.0 Å². The van der Waals surface area contributed by atoms with Gasteiger partial charge in [0.05, 0.1) is 5.92 Å². The van der Waals surface area contributed by atoms with Crippen LogP contribution in [0.1, 0.15) is 37.7 Å². The van der Waals surface area contributed by atoms with Crippen LogP contribution in [0.3, 0.4) is 0 Å². The first kappa shape index (κ1) is 10.2. The first-order valence-electron chi connectivity index (χ1n) is 5.62. The third kappa shape index (κ3) is 1.65. The van der Waals surface area contributed by atoms with Crippen molar-refractivity contribution in [1.82, 2.24) is 0 Å². The summed E-state index contributed by atoms with van der Waals surface area (Å²) in [5, 5.41) is 0. The summed E-state index contributed by atoms with van der Waals surface area (Å²) in [7, 11) is 1.87. The van der Waals surface area contributed by atoms with Gasteiger partial charge in [-0.05, 0) is 18.1 Å². The molecule has 0 radical (unpaired) electrons. The van der Waals surface area contributed by atoms with Gasteiger partial charge in [0.15, 0.2) is 0 Å². The topological polar surface area (TPSA) is 20.3 Å². The molecule has 1 amide bonds. The number of carbonyl (C=O) groups is 1. The van der Waals surface area contributed by atoms with Gasteiger partial charge in [-0.2, -0.15) is 0 Å². The number of unbranched alkanes of at least 4 members (excludes halogenated alkanes) is 1. The van der Waals surface area contributed by atoms with Crippen LogP contribution in [-0.4, -0.2) is 13.0 Å². The van der Waals surface area contributed by atoms with Crippen molar-refractivity contribution >= 4 is 11.6 Å². The highest BCUT2D eigenvalue weighted by Gasteiger charge is 2.33. The molecule has 1 unspecified atom stereocenters. The third-order valence-corrected chi connectivity index (χ3v) is 3.15. The lowest BCUT2D eigenvalue weighted by atomic mass is 9.95. The Labute approximate surface area is 90.9 Å². The molecule has 2 heteroatoms. The number of nitrogens with zero attached hydrogens (tertiary/aromatic N) is 1. The Hall–Kier alpha value is -1.31. The molecule has 1 aromatic carbocycles. The Morgan fingerprint density at radius 2 is 2.07 bits per heavy atom. The summed E-state index contributed by atoms with van der Waals surface area (Å²) in [4.78, 5) is 13.8. The minimum atomic E-state index is 0.103. The maximum atomic E-state index is 12.0. The van der Waals surface area contributed by atoms with Gasteiger partial charge in [0, 0.05) is 12.7 Å². The van der Waals surface area contributed by atoms with Gasteiger partial charge in [-0.3, -0.25) is 4.79 Å². The number of fused-ring (bicyclic) bond motifs is 1. The summed E-state index contributed by atoms with van der Waals surface area (Å²) in [6, 6.07) is 8.12. The largest absolute Gasteiger partial charge is 0.315 e. The highest BCUT2D eigenvalue weighted by atomic mass is 16.2. The lowest BCUT2D eigenvalue weighted by Crippen LogP contribution is -2.23.